The van der Waals surface area contributed by atoms with E-state index in [9.17, 15) is 4.79 Å². The van der Waals surface area contributed by atoms with Gasteiger partial charge in [0, 0.05) is 11.1 Å². The van der Waals surface area contributed by atoms with Crippen molar-refractivity contribution in [2.45, 2.75) is 38.6 Å². The Morgan fingerprint density at radius 2 is 2.00 bits per heavy atom. The minimum atomic E-state index is -0.0475. The average Bonchev–Trinajstić information content (AvgIpc) is 2.41. The van der Waals surface area contributed by atoms with Crippen molar-refractivity contribution in [1.29, 1.82) is 0 Å². The van der Waals surface area contributed by atoms with E-state index in [1.54, 1.807) is 24.3 Å². The Labute approximate surface area is 119 Å². The highest BCUT2D eigenvalue weighted by atomic mass is 35.5. The lowest BCUT2D eigenvalue weighted by Crippen LogP contribution is -2.43. The maximum atomic E-state index is 11.8. The lowest BCUT2D eigenvalue weighted by Gasteiger charge is -2.29. The van der Waals surface area contributed by atoms with Crippen LogP contribution in [0.3, 0.4) is 0 Å². The summed E-state index contributed by atoms with van der Waals surface area (Å²) in [5.41, 5.74) is 0. The fraction of sp³-hybridized carbons (Fsp3) is 0.533. The van der Waals surface area contributed by atoms with Gasteiger partial charge in [-0.1, -0.05) is 31.4 Å². The molecule has 0 saturated heterocycles. The zero-order valence-electron chi connectivity index (χ0n) is 11.2. The van der Waals surface area contributed by atoms with Crippen LogP contribution in [-0.2, 0) is 4.79 Å². The third-order valence-electron chi connectivity index (χ3n) is 3.64. The van der Waals surface area contributed by atoms with Crippen LogP contribution in [0.2, 0.25) is 5.02 Å². The summed E-state index contributed by atoms with van der Waals surface area (Å²) in [6.45, 7) is 2.26. The molecule has 1 aliphatic carbocycles. The molecule has 1 fully saturated rings. The number of amides is 1. The highest BCUT2D eigenvalue weighted by molar-refractivity contribution is 6.30. The minimum absolute atomic E-state index is 0.0475. The first-order valence-corrected chi connectivity index (χ1v) is 7.20. The van der Waals surface area contributed by atoms with Crippen molar-refractivity contribution in [3.8, 4) is 5.75 Å². The third-order valence-corrected chi connectivity index (χ3v) is 3.89. The monoisotopic (exact) mass is 281 g/mol. The quantitative estimate of drug-likeness (QED) is 0.918. The van der Waals surface area contributed by atoms with Gasteiger partial charge in [0.1, 0.15) is 5.75 Å². The van der Waals surface area contributed by atoms with Gasteiger partial charge in [-0.3, -0.25) is 4.79 Å². The number of carbonyl (C=O) groups is 1. The standard InChI is InChI=1S/C15H20ClNO2/c1-11-4-2-3-5-14(11)17-15(18)10-19-13-8-6-12(16)7-9-13/h6-9,11,14H,2-5,10H2,1H3,(H,17,18). The van der Waals surface area contributed by atoms with E-state index in [0.717, 1.165) is 6.42 Å². The Morgan fingerprint density at radius 1 is 1.32 bits per heavy atom. The molecular formula is C15H20ClNO2. The molecule has 0 radical (unpaired) electrons. The highest BCUT2D eigenvalue weighted by Crippen LogP contribution is 2.23. The zero-order valence-corrected chi connectivity index (χ0v) is 12.0. The van der Waals surface area contributed by atoms with Crippen molar-refractivity contribution in [2.24, 2.45) is 5.92 Å². The van der Waals surface area contributed by atoms with Gasteiger partial charge in [-0.25, -0.2) is 0 Å². The molecule has 4 heteroatoms. The largest absolute Gasteiger partial charge is 0.484 e. The van der Waals surface area contributed by atoms with Gasteiger partial charge >= 0.3 is 0 Å². The molecule has 1 amide bonds. The smallest absolute Gasteiger partial charge is 0.258 e. The second-order valence-corrected chi connectivity index (χ2v) is 5.61. The minimum Gasteiger partial charge on any atom is -0.484 e. The predicted octanol–water partition coefficient (Wildman–Crippen LogP) is 3.41. The average molecular weight is 282 g/mol. The predicted molar refractivity (Wildman–Crippen MR) is 76.5 cm³/mol. The zero-order chi connectivity index (χ0) is 13.7. The van der Waals surface area contributed by atoms with E-state index in [1.165, 1.54) is 19.3 Å². The van der Waals surface area contributed by atoms with Crippen molar-refractivity contribution in [3.63, 3.8) is 0 Å². The summed E-state index contributed by atoms with van der Waals surface area (Å²) in [4.78, 5) is 11.8. The van der Waals surface area contributed by atoms with E-state index in [-0.39, 0.29) is 12.5 Å². The number of nitrogens with one attached hydrogen (secondary N) is 1. The van der Waals surface area contributed by atoms with Crippen LogP contribution < -0.4 is 10.1 Å². The number of halogens is 1. The van der Waals surface area contributed by atoms with E-state index in [0.29, 0.717) is 22.7 Å². The van der Waals surface area contributed by atoms with E-state index >= 15 is 0 Å². The molecule has 1 aromatic carbocycles. The van der Waals surface area contributed by atoms with E-state index in [4.69, 9.17) is 16.3 Å². The summed E-state index contributed by atoms with van der Waals surface area (Å²) in [5, 5.41) is 3.72. The molecule has 1 saturated carbocycles. The molecule has 2 atom stereocenters. The molecule has 0 aliphatic heterocycles. The van der Waals surface area contributed by atoms with Crippen LogP contribution in [0.25, 0.3) is 0 Å². The molecule has 2 rings (SSSR count). The Morgan fingerprint density at radius 3 is 2.68 bits per heavy atom. The van der Waals surface area contributed by atoms with E-state index in [1.807, 2.05) is 0 Å². The molecule has 3 nitrogen and oxygen atoms in total. The van der Waals surface area contributed by atoms with Crippen LogP contribution in [-0.4, -0.2) is 18.6 Å². The first-order valence-electron chi connectivity index (χ1n) is 6.83. The second kappa shape index (κ2) is 6.80. The third kappa shape index (κ3) is 4.43. The lowest BCUT2D eigenvalue weighted by atomic mass is 9.86. The summed E-state index contributed by atoms with van der Waals surface area (Å²) in [7, 11) is 0. The molecule has 104 valence electrons. The summed E-state index contributed by atoms with van der Waals surface area (Å²) >= 11 is 5.78. The van der Waals surface area contributed by atoms with E-state index < -0.39 is 0 Å². The Balaban J connectivity index is 1.76. The number of benzene rings is 1. The van der Waals surface area contributed by atoms with Crippen LogP contribution in [0.1, 0.15) is 32.6 Å². The molecule has 0 aromatic heterocycles. The molecule has 0 spiro atoms. The SMILES string of the molecule is CC1CCCCC1NC(=O)COc1ccc(Cl)cc1. The second-order valence-electron chi connectivity index (χ2n) is 5.18. The van der Waals surface area contributed by atoms with Gasteiger partial charge in [0.25, 0.3) is 5.91 Å². The van der Waals surface area contributed by atoms with Crippen LogP contribution in [0, 0.1) is 5.92 Å². The molecule has 0 heterocycles. The Kier molecular flexibility index (Phi) is 5.08. The van der Waals surface area contributed by atoms with Gasteiger partial charge in [0.15, 0.2) is 6.61 Å². The van der Waals surface area contributed by atoms with E-state index in [2.05, 4.69) is 12.2 Å². The molecule has 1 N–H and O–H groups in total. The number of hydrogen-bond donors (Lipinski definition) is 1. The Bertz CT molecular complexity index is 419. The summed E-state index contributed by atoms with van der Waals surface area (Å²) in [5.74, 6) is 1.18. The fourth-order valence-corrected chi connectivity index (χ4v) is 2.58. The van der Waals surface area contributed by atoms with Gasteiger partial charge in [-0.05, 0) is 43.0 Å². The highest BCUT2D eigenvalue weighted by Gasteiger charge is 2.22. The molecule has 19 heavy (non-hydrogen) atoms. The van der Waals surface area contributed by atoms with Crippen LogP contribution in [0.4, 0.5) is 0 Å². The number of ether oxygens (including phenoxy) is 1. The number of rotatable bonds is 4. The van der Waals surface area contributed by atoms with Gasteiger partial charge in [0.05, 0.1) is 0 Å². The first kappa shape index (κ1) is 14.2. The Hall–Kier alpha value is -1.22. The van der Waals surface area contributed by atoms with Crippen molar-refractivity contribution in [2.75, 3.05) is 6.61 Å². The van der Waals surface area contributed by atoms with Crippen molar-refractivity contribution in [1.82, 2.24) is 5.32 Å². The van der Waals surface area contributed by atoms with Gasteiger partial charge in [-0.2, -0.15) is 0 Å². The van der Waals surface area contributed by atoms with Crippen molar-refractivity contribution in [3.05, 3.63) is 29.3 Å². The maximum Gasteiger partial charge on any atom is 0.258 e. The normalized spacial score (nSPS) is 22.8. The van der Waals surface area contributed by atoms with Crippen LogP contribution in [0.15, 0.2) is 24.3 Å². The number of hydrogen-bond acceptors (Lipinski definition) is 2. The summed E-state index contributed by atoms with van der Waals surface area (Å²) in [6, 6.07) is 7.32. The topological polar surface area (TPSA) is 38.3 Å². The maximum absolute atomic E-state index is 11.8. The summed E-state index contributed by atoms with van der Waals surface area (Å²) in [6.07, 6.45) is 4.75. The van der Waals surface area contributed by atoms with Gasteiger partial charge in [0.2, 0.25) is 0 Å². The van der Waals surface area contributed by atoms with Crippen molar-refractivity contribution < 1.29 is 9.53 Å². The molecule has 1 aromatic rings. The first-order chi connectivity index (χ1) is 9.15. The molecule has 2 unspecified atom stereocenters. The van der Waals surface area contributed by atoms with Gasteiger partial charge in [-0.15, -0.1) is 0 Å². The van der Waals surface area contributed by atoms with Crippen molar-refractivity contribution >= 4 is 17.5 Å². The molecule has 1 aliphatic rings. The number of carbonyl (C=O) groups excluding carboxylic acids is 1. The van der Waals surface area contributed by atoms with Gasteiger partial charge < -0.3 is 10.1 Å². The molecule has 0 bridgehead atoms. The lowest BCUT2D eigenvalue weighted by molar-refractivity contribution is -0.124. The molecular weight excluding hydrogens is 262 g/mol. The fourth-order valence-electron chi connectivity index (χ4n) is 2.46. The summed E-state index contributed by atoms with van der Waals surface area (Å²) < 4.78 is 5.43. The van der Waals surface area contributed by atoms with Crippen LogP contribution >= 0.6 is 11.6 Å². The van der Waals surface area contributed by atoms with Crippen LogP contribution in [0.5, 0.6) is 5.75 Å².